The molecule has 24 heavy (non-hydrogen) atoms. The molecule has 0 atom stereocenters. The van der Waals surface area contributed by atoms with E-state index < -0.39 is 10.0 Å². The first-order chi connectivity index (χ1) is 11.4. The Morgan fingerprint density at radius 1 is 1.21 bits per heavy atom. The molecule has 1 aliphatic carbocycles. The van der Waals surface area contributed by atoms with Crippen molar-refractivity contribution in [1.29, 1.82) is 0 Å². The fourth-order valence-electron chi connectivity index (χ4n) is 3.28. The lowest BCUT2D eigenvalue weighted by Gasteiger charge is -2.28. The summed E-state index contributed by atoms with van der Waals surface area (Å²) in [7, 11) is -3.39. The van der Waals surface area contributed by atoms with Crippen LogP contribution in [0.4, 0.5) is 0 Å². The van der Waals surface area contributed by atoms with Gasteiger partial charge in [-0.1, -0.05) is 55.5 Å². The van der Waals surface area contributed by atoms with Crippen molar-refractivity contribution < 1.29 is 13.2 Å². The molecule has 1 aromatic rings. The minimum Gasteiger partial charge on any atom is -0.351 e. The van der Waals surface area contributed by atoms with E-state index >= 15 is 0 Å². The predicted molar refractivity (Wildman–Crippen MR) is 96.1 cm³/mol. The first-order valence-electron chi connectivity index (χ1n) is 8.65. The molecule has 1 amide bonds. The molecule has 134 valence electrons. The van der Waals surface area contributed by atoms with Crippen LogP contribution in [0.25, 0.3) is 0 Å². The molecule has 0 unspecified atom stereocenters. The number of amides is 1. The Bertz CT molecular complexity index is 650. The quantitative estimate of drug-likeness (QED) is 0.800. The molecule has 5 nitrogen and oxygen atoms in total. The average Bonchev–Trinajstić information content (AvgIpc) is 2.78. The summed E-state index contributed by atoms with van der Waals surface area (Å²) in [5.74, 6) is -0.244. The standard InChI is InChI=1S/C18H28N2O3S/c1-15-8-7-9-16(12-15)13-19-18(21)14-20(24(2,22)23)17-10-5-3-4-6-11-17/h7-9,12,17H,3-6,10-11,13-14H2,1-2H3,(H,19,21). The van der Waals surface area contributed by atoms with Gasteiger partial charge in [-0.3, -0.25) is 4.79 Å². The van der Waals surface area contributed by atoms with Crippen molar-refractivity contribution >= 4 is 15.9 Å². The van der Waals surface area contributed by atoms with E-state index in [4.69, 9.17) is 0 Å². The monoisotopic (exact) mass is 352 g/mol. The number of hydrogen-bond acceptors (Lipinski definition) is 3. The molecule has 0 bridgehead atoms. The highest BCUT2D eigenvalue weighted by Crippen LogP contribution is 2.23. The molecule has 0 spiro atoms. The molecule has 0 saturated heterocycles. The summed E-state index contributed by atoms with van der Waals surface area (Å²) >= 11 is 0. The molecule has 6 heteroatoms. The number of benzene rings is 1. The van der Waals surface area contributed by atoms with E-state index in [1.54, 1.807) is 0 Å². The molecular formula is C18H28N2O3S. The second-order valence-electron chi connectivity index (χ2n) is 6.72. The Morgan fingerprint density at radius 2 is 1.88 bits per heavy atom. The van der Waals surface area contributed by atoms with E-state index in [-0.39, 0.29) is 18.5 Å². The highest BCUT2D eigenvalue weighted by atomic mass is 32.2. The van der Waals surface area contributed by atoms with Gasteiger partial charge in [0.2, 0.25) is 15.9 Å². The van der Waals surface area contributed by atoms with Gasteiger partial charge in [-0.25, -0.2) is 8.42 Å². The summed E-state index contributed by atoms with van der Waals surface area (Å²) in [6.07, 6.45) is 7.24. The first kappa shape index (κ1) is 18.9. The van der Waals surface area contributed by atoms with Gasteiger partial charge in [0, 0.05) is 12.6 Å². The van der Waals surface area contributed by atoms with Gasteiger partial charge in [-0.2, -0.15) is 4.31 Å². The number of nitrogens with zero attached hydrogens (tertiary/aromatic N) is 1. The van der Waals surface area contributed by atoms with Gasteiger partial charge in [0.1, 0.15) is 0 Å². The maximum absolute atomic E-state index is 12.3. The smallest absolute Gasteiger partial charge is 0.235 e. The summed E-state index contributed by atoms with van der Waals surface area (Å²) in [6.45, 7) is 2.33. The zero-order valence-electron chi connectivity index (χ0n) is 14.6. The molecular weight excluding hydrogens is 324 g/mol. The Hall–Kier alpha value is -1.40. The van der Waals surface area contributed by atoms with Crippen molar-refractivity contribution in [3.63, 3.8) is 0 Å². The Kier molecular flexibility index (Phi) is 6.80. The van der Waals surface area contributed by atoms with E-state index in [0.29, 0.717) is 6.54 Å². The fraction of sp³-hybridized carbons (Fsp3) is 0.611. The van der Waals surface area contributed by atoms with Gasteiger partial charge in [0.05, 0.1) is 12.8 Å². The van der Waals surface area contributed by atoms with Crippen molar-refractivity contribution in [3.05, 3.63) is 35.4 Å². The molecule has 1 fully saturated rings. The SMILES string of the molecule is Cc1cccc(CNC(=O)CN(C2CCCCCC2)S(C)(=O)=O)c1. The maximum Gasteiger partial charge on any atom is 0.235 e. The van der Waals surface area contributed by atoms with E-state index in [9.17, 15) is 13.2 Å². The van der Waals surface area contributed by atoms with Gasteiger partial charge in [0.15, 0.2) is 0 Å². The predicted octanol–water partition coefficient (Wildman–Crippen LogP) is 2.60. The molecule has 0 aliphatic heterocycles. The van der Waals surface area contributed by atoms with Crippen molar-refractivity contribution in [2.24, 2.45) is 0 Å². The van der Waals surface area contributed by atoms with Gasteiger partial charge in [-0.15, -0.1) is 0 Å². The maximum atomic E-state index is 12.3. The van der Waals surface area contributed by atoms with Gasteiger partial charge in [-0.05, 0) is 25.3 Å². The van der Waals surface area contributed by atoms with E-state index in [2.05, 4.69) is 5.32 Å². The van der Waals surface area contributed by atoms with Gasteiger partial charge >= 0.3 is 0 Å². The van der Waals surface area contributed by atoms with Crippen LogP contribution in [0.2, 0.25) is 0 Å². The molecule has 1 aliphatic rings. The number of aryl methyl sites for hydroxylation is 1. The minimum atomic E-state index is -3.39. The third-order valence-electron chi connectivity index (χ3n) is 4.53. The second-order valence-corrected chi connectivity index (χ2v) is 8.65. The Labute approximate surface area is 145 Å². The van der Waals surface area contributed by atoms with Crippen LogP contribution in [0, 0.1) is 6.92 Å². The molecule has 1 aromatic carbocycles. The van der Waals surface area contributed by atoms with E-state index in [1.165, 1.54) is 10.6 Å². The fourth-order valence-corrected chi connectivity index (χ4v) is 4.39. The third kappa shape index (κ3) is 5.91. The molecule has 1 saturated carbocycles. The highest BCUT2D eigenvalue weighted by molar-refractivity contribution is 7.88. The molecule has 0 radical (unpaired) electrons. The third-order valence-corrected chi connectivity index (χ3v) is 5.81. The van der Waals surface area contributed by atoms with Crippen LogP contribution in [-0.2, 0) is 21.4 Å². The summed E-state index contributed by atoms with van der Waals surface area (Å²) in [6, 6.07) is 7.87. The number of rotatable bonds is 6. The zero-order chi connectivity index (χ0) is 17.6. The largest absolute Gasteiger partial charge is 0.351 e. The van der Waals surface area contributed by atoms with Gasteiger partial charge in [0.25, 0.3) is 0 Å². The summed E-state index contributed by atoms with van der Waals surface area (Å²) in [4.78, 5) is 12.3. The number of sulfonamides is 1. The lowest BCUT2D eigenvalue weighted by molar-refractivity contribution is -0.121. The highest BCUT2D eigenvalue weighted by Gasteiger charge is 2.29. The molecule has 2 rings (SSSR count). The summed E-state index contributed by atoms with van der Waals surface area (Å²) in [5, 5.41) is 2.84. The summed E-state index contributed by atoms with van der Waals surface area (Å²) < 4.78 is 25.7. The number of hydrogen-bond donors (Lipinski definition) is 1. The van der Waals surface area contributed by atoms with Crippen molar-refractivity contribution in [2.75, 3.05) is 12.8 Å². The van der Waals surface area contributed by atoms with Crippen LogP contribution >= 0.6 is 0 Å². The number of nitrogens with one attached hydrogen (secondary N) is 1. The number of carbonyl (C=O) groups is 1. The zero-order valence-corrected chi connectivity index (χ0v) is 15.4. The molecule has 1 N–H and O–H groups in total. The van der Waals surface area contributed by atoms with Crippen LogP contribution in [-0.4, -0.2) is 37.5 Å². The second kappa shape index (κ2) is 8.62. The summed E-state index contributed by atoms with van der Waals surface area (Å²) in [5.41, 5.74) is 2.15. The van der Waals surface area contributed by atoms with E-state index in [1.807, 2.05) is 31.2 Å². The Balaban J connectivity index is 1.96. The van der Waals surface area contributed by atoms with Crippen molar-refractivity contribution in [1.82, 2.24) is 9.62 Å². The lowest BCUT2D eigenvalue weighted by atomic mass is 10.1. The minimum absolute atomic E-state index is 0.0489. The van der Waals surface area contributed by atoms with Crippen molar-refractivity contribution in [3.8, 4) is 0 Å². The number of carbonyl (C=O) groups excluding carboxylic acids is 1. The van der Waals surface area contributed by atoms with Crippen LogP contribution in [0.5, 0.6) is 0 Å². The van der Waals surface area contributed by atoms with Crippen LogP contribution in [0.3, 0.4) is 0 Å². The van der Waals surface area contributed by atoms with Crippen molar-refractivity contribution in [2.45, 2.75) is 58.0 Å². The Morgan fingerprint density at radius 3 is 2.46 bits per heavy atom. The van der Waals surface area contributed by atoms with Crippen LogP contribution in [0.15, 0.2) is 24.3 Å². The lowest BCUT2D eigenvalue weighted by Crippen LogP contribution is -2.45. The normalized spacial score (nSPS) is 16.8. The van der Waals surface area contributed by atoms with Crippen LogP contribution < -0.4 is 5.32 Å². The van der Waals surface area contributed by atoms with Crippen LogP contribution in [0.1, 0.15) is 49.7 Å². The topological polar surface area (TPSA) is 66.5 Å². The molecule has 0 aromatic heterocycles. The first-order valence-corrected chi connectivity index (χ1v) is 10.5. The van der Waals surface area contributed by atoms with E-state index in [0.717, 1.165) is 49.7 Å². The van der Waals surface area contributed by atoms with Gasteiger partial charge < -0.3 is 5.32 Å². The molecule has 0 heterocycles. The average molecular weight is 353 g/mol.